The van der Waals surface area contributed by atoms with Crippen LogP contribution < -0.4 is 0 Å². The van der Waals surface area contributed by atoms with Gasteiger partial charge in [0.15, 0.2) is 5.69 Å². The van der Waals surface area contributed by atoms with E-state index in [1.165, 1.54) is 16.8 Å². The Morgan fingerprint density at radius 3 is 2.45 bits per heavy atom. The van der Waals surface area contributed by atoms with Crippen molar-refractivity contribution in [2.75, 3.05) is 45.8 Å². The average molecular weight is 427 g/mol. The minimum atomic E-state index is -0.476. The van der Waals surface area contributed by atoms with Crippen LogP contribution in [-0.4, -0.2) is 92.2 Å². The Balaban J connectivity index is 1.39. The van der Waals surface area contributed by atoms with Gasteiger partial charge in [0.1, 0.15) is 0 Å². The van der Waals surface area contributed by atoms with E-state index in [9.17, 15) is 19.7 Å². The molecule has 164 valence electrons. The van der Waals surface area contributed by atoms with Crippen molar-refractivity contribution >= 4 is 17.5 Å². The predicted molar refractivity (Wildman–Crippen MR) is 111 cm³/mol. The van der Waals surface area contributed by atoms with Crippen molar-refractivity contribution in [3.8, 4) is 5.69 Å². The van der Waals surface area contributed by atoms with E-state index >= 15 is 0 Å². The van der Waals surface area contributed by atoms with E-state index in [2.05, 4.69) is 15.2 Å². The zero-order valence-electron chi connectivity index (χ0n) is 17.4. The molecule has 2 aliphatic rings. The molecule has 0 bridgehead atoms. The number of nitro groups is 1. The number of hydrogen-bond donors (Lipinski definition) is 0. The summed E-state index contributed by atoms with van der Waals surface area (Å²) in [6, 6.07) is 6.04. The highest BCUT2D eigenvalue weighted by atomic mass is 16.6. The lowest BCUT2D eigenvalue weighted by atomic mass is 10.2. The van der Waals surface area contributed by atoms with E-state index < -0.39 is 4.92 Å². The van der Waals surface area contributed by atoms with Gasteiger partial charge in [-0.3, -0.25) is 24.6 Å². The fourth-order valence-corrected chi connectivity index (χ4v) is 4.03. The molecule has 11 heteroatoms. The topological polar surface area (TPSA) is 118 Å². The molecule has 2 fully saturated rings. The van der Waals surface area contributed by atoms with Crippen LogP contribution in [0.15, 0.2) is 24.3 Å². The van der Waals surface area contributed by atoms with Crippen molar-refractivity contribution in [3.05, 3.63) is 45.8 Å². The first kappa shape index (κ1) is 20.9. The standard InChI is InChI=1S/C20H25N7O4/c1-15-19(21-22-26(15)16-5-4-6-17(13-16)27(30)31)20(29)25-11-9-23(10-12-25)14-18(28)24-7-2-3-8-24/h4-6,13H,2-3,7-12,14H2,1H3. The van der Waals surface area contributed by atoms with Crippen molar-refractivity contribution in [2.24, 2.45) is 0 Å². The third-order valence-corrected chi connectivity index (χ3v) is 5.86. The molecule has 31 heavy (non-hydrogen) atoms. The number of benzene rings is 1. The number of rotatable bonds is 5. The Morgan fingerprint density at radius 2 is 1.77 bits per heavy atom. The highest BCUT2D eigenvalue weighted by Crippen LogP contribution is 2.19. The molecule has 0 unspecified atom stereocenters. The van der Waals surface area contributed by atoms with Gasteiger partial charge in [-0.05, 0) is 25.8 Å². The molecular weight excluding hydrogens is 402 g/mol. The molecule has 0 radical (unpaired) electrons. The lowest BCUT2D eigenvalue weighted by molar-refractivity contribution is -0.384. The number of aromatic nitrogens is 3. The second kappa shape index (κ2) is 8.80. The molecule has 2 aromatic rings. The quantitative estimate of drug-likeness (QED) is 0.513. The molecular formula is C20H25N7O4. The minimum absolute atomic E-state index is 0.0557. The summed E-state index contributed by atoms with van der Waals surface area (Å²) in [5.41, 5.74) is 1.17. The van der Waals surface area contributed by atoms with Crippen molar-refractivity contribution in [2.45, 2.75) is 19.8 Å². The second-order valence-corrected chi connectivity index (χ2v) is 7.87. The first-order valence-corrected chi connectivity index (χ1v) is 10.4. The third kappa shape index (κ3) is 4.41. The number of hydrogen-bond acceptors (Lipinski definition) is 7. The summed E-state index contributed by atoms with van der Waals surface area (Å²) in [7, 11) is 0. The summed E-state index contributed by atoms with van der Waals surface area (Å²) in [6.45, 7) is 6.08. The molecule has 1 aromatic carbocycles. The number of piperazine rings is 1. The summed E-state index contributed by atoms with van der Waals surface area (Å²) in [6.07, 6.45) is 2.15. The Bertz CT molecular complexity index is 991. The molecule has 11 nitrogen and oxygen atoms in total. The van der Waals surface area contributed by atoms with Gasteiger partial charge >= 0.3 is 0 Å². The van der Waals surface area contributed by atoms with Crippen LogP contribution >= 0.6 is 0 Å². The van der Waals surface area contributed by atoms with Gasteiger partial charge < -0.3 is 9.80 Å². The number of non-ortho nitro benzene ring substituents is 1. The number of likely N-dealkylation sites (tertiary alicyclic amines) is 1. The van der Waals surface area contributed by atoms with Crippen LogP contribution in [0.2, 0.25) is 0 Å². The van der Waals surface area contributed by atoms with Crippen molar-refractivity contribution < 1.29 is 14.5 Å². The first-order chi connectivity index (χ1) is 14.9. The lowest BCUT2D eigenvalue weighted by Crippen LogP contribution is -2.51. The summed E-state index contributed by atoms with van der Waals surface area (Å²) in [5.74, 6) is -0.0623. The van der Waals surface area contributed by atoms with Crippen LogP contribution in [0, 0.1) is 17.0 Å². The van der Waals surface area contributed by atoms with Crippen LogP contribution in [0.4, 0.5) is 5.69 Å². The van der Waals surface area contributed by atoms with Crippen LogP contribution in [0.1, 0.15) is 29.0 Å². The summed E-state index contributed by atoms with van der Waals surface area (Å²) < 4.78 is 1.44. The van der Waals surface area contributed by atoms with Gasteiger partial charge in [0, 0.05) is 51.4 Å². The van der Waals surface area contributed by atoms with Gasteiger partial charge in [0.25, 0.3) is 11.6 Å². The Hall–Kier alpha value is -3.34. The van der Waals surface area contributed by atoms with E-state index in [-0.39, 0.29) is 23.2 Å². The maximum absolute atomic E-state index is 13.0. The van der Waals surface area contributed by atoms with Crippen molar-refractivity contribution in [3.63, 3.8) is 0 Å². The van der Waals surface area contributed by atoms with Gasteiger partial charge in [0.2, 0.25) is 5.91 Å². The normalized spacial score (nSPS) is 17.2. The molecule has 2 saturated heterocycles. The van der Waals surface area contributed by atoms with Crippen LogP contribution in [-0.2, 0) is 4.79 Å². The first-order valence-electron chi connectivity index (χ1n) is 10.4. The molecule has 3 heterocycles. The van der Waals surface area contributed by atoms with Crippen molar-refractivity contribution in [1.82, 2.24) is 29.7 Å². The Morgan fingerprint density at radius 1 is 1.06 bits per heavy atom. The predicted octanol–water partition coefficient (Wildman–Crippen LogP) is 0.864. The highest BCUT2D eigenvalue weighted by molar-refractivity contribution is 5.93. The number of amides is 2. The van der Waals surface area contributed by atoms with Crippen LogP contribution in [0.25, 0.3) is 5.69 Å². The number of nitro benzene ring substituents is 1. The monoisotopic (exact) mass is 427 g/mol. The number of carbonyl (C=O) groups excluding carboxylic acids is 2. The second-order valence-electron chi connectivity index (χ2n) is 7.87. The smallest absolute Gasteiger partial charge is 0.276 e. The van der Waals surface area contributed by atoms with Gasteiger partial charge in [0.05, 0.1) is 22.8 Å². The summed E-state index contributed by atoms with van der Waals surface area (Å²) in [5, 5.41) is 19.1. The number of nitrogens with zero attached hydrogens (tertiary/aromatic N) is 7. The van der Waals surface area contributed by atoms with Crippen LogP contribution in [0.3, 0.4) is 0 Å². The highest BCUT2D eigenvalue weighted by Gasteiger charge is 2.28. The maximum Gasteiger partial charge on any atom is 0.276 e. The van der Waals surface area contributed by atoms with Gasteiger partial charge in [-0.25, -0.2) is 4.68 Å². The average Bonchev–Trinajstić information content (AvgIpc) is 3.44. The Kier molecular flexibility index (Phi) is 5.94. The molecule has 0 spiro atoms. The fraction of sp³-hybridized carbons (Fsp3) is 0.500. The molecule has 0 N–H and O–H groups in total. The van der Waals surface area contributed by atoms with E-state index in [0.717, 1.165) is 25.9 Å². The van der Waals surface area contributed by atoms with Gasteiger partial charge in [-0.15, -0.1) is 5.10 Å². The fourth-order valence-electron chi connectivity index (χ4n) is 4.03. The largest absolute Gasteiger partial charge is 0.342 e. The molecule has 0 aliphatic carbocycles. The molecule has 0 saturated carbocycles. The molecule has 4 rings (SSSR count). The number of carbonyl (C=O) groups is 2. The van der Waals surface area contributed by atoms with E-state index in [1.807, 2.05) is 4.90 Å². The molecule has 2 amide bonds. The van der Waals surface area contributed by atoms with E-state index in [0.29, 0.717) is 44.1 Å². The van der Waals surface area contributed by atoms with Gasteiger partial charge in [-0.1, -0.05) is 11.3 Å². The van der Waals surface area contributed by atoms with E-state index in [4.69, 9.17) is 0 Å². The van der Waals surface area contributed by atoms with E-state index in [1.54, 1.807) is 24.0 Å². The Labute approximate surface area is 179 Å². The lowest BCUT2D eigenvalue weighted by Gasteiger charge is -2.34. The summed E-state index contributed by atoms with van der Waals surface area (Å²) >= 11 is 0. The SMILES string of the molecule is Cc1c(C(=O)N2CCN(CC(=O)N3CCCC3)CC2)nnn1-c1cccc([N+](=O)[O-])c1. The third-order valence-electron chi connectivity index (χ3n) is 5.86. The van der Waals surface area contributed by atoms with Gasteiger partial charge in [-0.2, -0.15) is 0 Å². The van der Waals surface area contributed by atoms with Crippen molar-refractivity contribution in [1.29, 1.82) is 0 Å². The zero-order chi connectivity index (χ0) is 22.0. The minimum Gasteiger partial charge on any atom is -0.342 e. The zero-order valence-corrected chi connectivity index (χ0v) is 17.4. The van der Waals surface area contributed by atoms with Crippen LogP contribution in [0.5, 0.6) is 0 Å². The molecule has 2 aliphatic heterocycles. The molecule has 0 atom stereocenters. The molecule has 1 aromatic heterocycles. The maximum atomic E-state index is 13.0. The summed E-state index contributed by atoms with van der Waals surface area (Å²) in [4.78, 5) is 41.6.